The third kappa shape index (κ3) is 7.98. The summed E-state index contributed by atoms with van der Waals surface area (Å²) < 4.78 is 6.81. The van der Waals surface area contributed by atoms with Gasteiger partial charge in [0.1, 0.15) is 0 Å². The molecule has 1 unspecified atom stereocenters. The van der Waals surface area contributed by atoms with Crippen molar-refractivity contribution in [2.45, 2.75) is 37.6 Å². The lowest BCUT2D eigenvalue weighted by Gasteiger charge is -2.18. The molecule has 4 heteroatoms. The van der Waals surface area contributed by atoms with Crippen molar-refractivity contribution in [2.75, 3.05) is 25.5 Å². The highest BCUT2D eigenvalue weighted by Gasteiger charge is 2.08. The van der Waals surface area contributed by atoms with Crippen molar-refractivity contribution in [1.29, 1.82) is 0 Å². The fourth-order valence-electron chi connectivity index (χ4n) is 1.64. The highest BCUT2D eigenvalue weighted by atomic mass is 79.9. The largest absolute Gasteiger partial charge is 0.380 e. The first-order valence-corrected chi connectivity index (χ1v) is 8.73. The summed E-state index contributed by atoms with van der Waals surface area (Å²) in [6.45, 7) is 7.04. The topological polar surface area (TPSA) is 21.3 Å². The smallest absolute Gasteiger partial charge is 0.0627 e. The SMILES string of the molecule is CCCNC(COCCC)CSc1cccc(Br)c1. The van der Waals surface area contributed by atoms with E-state index in [1.54, 1.807) is 0 Å². The van der Waals surface area contributed by atoms with E-state index in [2.05, 4.69) is 59.4 Å². The number of thioether (sulfide) groups is 1. The molecule has 0 fully saturated rings. The van der Waals surface area contributed by atoms with Gasteiger partial charge < -0.3 is 10.1 Å². The number of rotatable bonds is 10. The molecule has 0 spiro atoms. The van der Waals surface area contributed by atoms with Gasteiger partial charge in [-0.15, -0.1) is 11.8 Å². The predicted molar refractivity (Wildman–Crippen MR) is 88.1 cm³/mol. The van der Waals surface area contributed by atoms with Crippen LogP contribution in [0.3, 0.4) is 0 Å². The van der Waals surface area contributed by atoms with Gasteiger partial charge in [0.2, 0.25) is 0 Å². The van der Waals surface area contributed by atoms with Gasteiger partial charge in [-0.3, -0.25) is 0 Å². The summed E-state index contributed by atoms with van der Waals surface area (Å²) in [4.78, 5) is 1.30. The van der Waals surface area contributed by atoms with Gasteiger partial charge in [0.15, 0.2) is 0 Å². The van der Waals surface area contributed by atoms with Crippen LogP contribution in [0.2, 0.25) is 0 Å². The number of halogens is 1. The van der Waals surface area contributed by atoms with Gasteiger partial charge in [0.05, 0.1) is 6.61 Å². The summed E-state index contributed by atoms with van der Waals surface area (Å²) in [6.07, 6.45) is 2.24. The highest BCUT2D eigenvalue weighted by molar-refractivity contribution is 9.10. The Morgan fingerprint density at radius 3 is 2.84 bits per heavy atom. The van der Waals surface area contributed by atoms with Crippen molar-refractivity contribution in [2.24, 2.45) is 0 Å². The van der Waals surface area contributed by atoms with Crippen LogP contribution in [0, 0.1) is 0 Å². The monoisotopic (exact) mass is 345 g/mol. The van der Waals surface area contributed by atoms with Crippen molar-refractivity contribution < 1.29 is 4.74 Å². The molecule has 0 amide bonds. The van der Waals surface area contributed by atoms with Crippen molar-refractivity contribution in [3.8, 4) is 0 Å². The van der Waals surface area contributed by atoms with E-state index in [1.165, 1.54) is 4.90 Å². The first kappa shape index (κ1) is 17.0. The van der Waals surface area contributed by atoms with Crippen LogP contribution in [-0.4, -0.2) is 31.6 Å². The van der Waals surface area contributed by atoms with Gasteiger partial charge in [-0.25, -0.2) is 0 Å². The minimum Gasteiger partial charge on any atom is -0.380 e. The summed E-state index contributed by atoms with van der Waals surface area (Å²) in [5.74, 6) is 1.04. The number of nitrogens with one attached hydrogen (secondary N) is 1. The summed E-state index contributed by atoms with van der Waals surface area (Å²) >= 11 is 5.39. The van der Waals surface area contributed by atoms with E-state index in [4.69, 9.17) is 4.74 Å². The van der Waals surface area contributed by atoms with Crippen molar-refractivity contribution in [3.05, 3.63) is 28.7 Å². The van der Waals surface area contributed by atoms with Crippen LogP contribution >= 0.6 is 27.7 Å². The maximum atomic E-state index is 5.67. The highest BCUT2D eigenvalue weighted by Crippen LogP contribution is 2.22. The Hall–Kier alpha value is -0.0300. The second-order valence-electron chi connectivity index (χ2n) is 4.49. The molecule has 19 heavy (non-hydrogen) atoms. The molecule has 1 N–H and O–H groups in total. The molecule has 108 valence electrons. The van der Waals surface area contributed by atoms with Gasteiger partial charge in [-0.2, -0.15) is 0 Å². The van der Waals surface area contributed by atoms with Crippen LogP contribution in [-0.2, 0) is 4.74 Å². The standard InChI is InChI=1S/C15H24BrNOS/c1-3-8-17-14(11-18-9-4-2)12-19-15-7-5-6-13(16)10-15/h5-7,10,14,17H,3-4,8-9,11-12H2,1-2H3. The Morgan fingerprint density at radius 2 is 2.16 bits per heavy atom. The summed E-state index contributed by atoms with van der Waals surface area (Å²) in [5.41, 5.74) is 0. The fourth-order valence-corrected chi connectivity index (χ4v) is 3.18. The maximum absolute atomic E-state index is 5.67. The van der Waals surface area contributed by atoms with E-state index in [9.17, 15) is 0 Å². The van der Waals surface area contributed by atoms with E-state index in [-0.39, 0.29) is 0 Å². The molecule has 0 heterocycles. The van der Waals surface area contributed by atoms with Gasteiger partial charge in [0, 0.05) is 27.8 Å². The molecule has 0 aliphatic rings. The molecule has 1 aromatic carbocycles. The molecule has 0 bridgehead atoms. The molecule has 0 aliphatic carbocycles. The Morgan fingerprint density at radius 1 is 1.32 bits per heavy atom. The molecular formula is C15H24BrNOS. The second kappa shape index (κ2) is 10.7. The van der Waals surface area contributed by atoms with Crippen LogP contribution in [0.5, 0.6) is 0 Å². The maximum Gasteiger partial charge on any atom is 0.0627 e. The van der Waals surface area contributed by atoms with Gasteiger partial charge in [0.25, 0.3) is 0 Å². The summed E-state index contributed by atoms with van der Waals surface area (Å²) in [7, 11) is 0. The molecule has 1 aromatic rings. The first-order valence-electron chi connectivity index (χ1n) is 6.95. The molecule has 0 radical (unpaired) electrons. The van der Waals surface area contributed by atoms with Gasteiger partial charge in [-0.05, 0) is 37.6 Å². The molecule has 0 saturated heterocycles. The van der Waals surface area contributed by atoms with E-state index < -0.39 is 0 Å². The normalized spacial score (nSPS) is 12.6. The van der Waals surface area contributed by atoms with E-state index in [0.717, 1.165) is 42.8 Å². The average molecular weight is 346 g/mol. The van der Waals surface area contributed by atoms with Crippen LogP contribution in [0.4, 0.5) is 0 Å². The molecule has 1 atom stereocenters. The molecule has 0 aromatic heterocycles. The van der Waals surface area contributed by atoms with Gasteiger partial charge >= 0.3 is 0 Å². The lowest BCUT2D eigenvalue weighted by atomic mass is 10.3. The Labute approximate surface area is 129 Å². The Balaban J connectivity index is 2.37. The quantitative estimate of drug-likeness (QED) is 0.503. The Bertz CT molecular complexity index is 349. The second-order valence-corrected chi connectivity index (χ2v) is 6.50. The first-order chi connectivity index (χ1) is 9.26. The molecule has 0 saturated carbocycles. The number of benzene rings is 1. The third-order valence-electron chi connectivity index (χ3n) is 2.60. The van der Waals surface area contributed by atoms with Crippen LogP contribution < -0.4 is 5.32 Å². The fraction of sp³-hybridized carbons (Fsp3) is 0.600. The van der Waals surface area contributed by atoms with E-state index in [1.807, 2.05) is 11.8 Å². The molecular weight excluding hydrogens is 322 g/mol. The number of hydrogen-bond donors (Lipinski definition) is 1. The zero-order valence-electron chi connectivity index (χ0n) is 11.8. The van der Waals surface area contributed by atoms with E-state index >= 15 is 0 Å². The summed E-state index contributed by atoms with van der Waals surface area (Å²) in [5, 5.41) is 3.56. The van der Waals surface area contributed by atoms with Crippen LogP contribution in [0.25, 0.3) is 0 Å². The van der Waals surface area contributed by atoms with Crippen molar-refractivity contribution >= 4 is 27.7 Å². The van der Waals surface area contributed by atoms with E-state index in [0.29, 0.717) is 6.04 Å². The zero-order chi connectivity index (χ0) is 13.9. The molecule has 1 rings (SSSR count). The van der Waals surface area contributed by atoms with Crippen LogP contribution in [0.15, 0.2) is 33.6 Å². The van der Waals surface area contributed by atoms with Crippen molar-refractivity contribution in [3.63, 3.8) is 0 Å². The minimum absolute atomic E-state index is 0.426. The average Bonchev–Trinajstić information content (AvgIpc) is 2.41. The molecule has 2 nitrogen and oxygen atoms in total. The predicted octanol–water partition coefficient (Wildman–Crippen LogP) is 4.34. The zero-order valence-corrected chi connectivity index (χ0v) is 14.2. The molecule has 0 aliphatic heterocycles. The minimum atomic E-state index is 0.426. The lowest BCUT2D eigenvalue weighted by Crippen LogP contribution is -2.36. The number of hydrogen-bond acceptors (Lipinski definition) is 3. The van der Waals surface area contributed by atoms with Crippen molar-refractivity contribution in [1.82, 2.24) is 5.32 Å². The van der Waals surface area contributed by atoms with Gasteiger partial charge in [-0.1, -0.05) is 35.8 Å². The Kier molecular flexibility index (Phi) is 9.61. The van der Waals surface area contributed by atoms with Crippen LogP contribution in [0.1, 0.15) is 26.7 Å². The summed E-state index contributed by atoms with van der Waals surface area (Å²) in [6, 6.07) is 8.87. The lowest BCUT2D eigenvalue weighted by molar-refractivity contribution is 0.117. The number of ether oxygens (including phenoxy) is 1. The third-order valence-corrected chi connectivity index (χ3v) is 4.25.